The normalized spacial score (nSPS) is 10.0. The van der Waals surface area contributed by atoms with Crippen molar-refractivity contribution in [2.45, 2.75) is 0 Å². The number of halogens is 1. The second-order valence-electron chi connectivity index (χ2n) is 3.69. The molecule has 1 heterocycles. The van der Waals surface area contributed by atoms with E-state index in [2.05, 4.69) is 31.3 Å². The highest BCUT2D eigenvalue weighted by Gasteiger charge is 2.15. The molecule has 0 spiro atoms. The molecule has 1 aromatic heterocycles. The Morgan fingerprint density at radius 2 is 2.19 bits per heavy atom. The van der Waals surface area contributed by atoms with Crippen LogP contribution in [0, 0.1) is 10.1 Å². The molecule has 0 aliphatic carbocycles. The van der Waals surface area contributed by atoms with E-state index in [0.29, 0.717) is 4.47 Å². The van der Waals surface area contributed by atoms with Gasteiger partial charge >= 0.3 is 0 Å². The Labute approximate surface area is 127 Å². The van der Waals surface area contributed by atoms with Gasteiger partial charge in [0.2, 0.25) is 11.8 Å². The Kier molecular flexibility index (Phi) is 4.50. The lowest BCUT2D eigenvalue weighted by atomic mass is 10.3. The summed E-state index contributed by atoms with van der Waals surface area (Å²) >= 11 is 3.23. The first kappa shape index (κ1) is 14.9. The molecule has 21 heavy (non-hydrogen) atoms. The molecule has 9 nitrogen and oxygen atoms in total. The highest BCUT2D eigenvalue weighted by atomic mass is 79.9. The molecule has 0 bridgehead atoms. The fraction of sp³-hybridized carbons (Fsp3) is 0.0909. The highest BCUT2D eigenvalue weighted by Crippen LogP contribution is 2.36. The van der Waals surface area contributed by atoms with Crippen LogP contribution in [-0.2, 0) is 0 Å². The SMILES string of the molecule is COc1cc([N+](=O)[O-])ccc1Oc1nc(NN)ncc1Br. The van der Waals surface area contributed by atoms with E-state index in [1.807, 2.05) is 0 Å². The van der Waals surface area contributed by atoms with Gasteiger partial charge in [0, 0.05) is 6.07 Å². The number of nitro groups is 1. The zero-order valence-corrected chi connectivity index (χ0v) is 12.3. The number of nitro benzene ring substituents is 1. The number of rotatable bonds is 5. The smallest absolute Gasteiger partial charge is 0.273 e. The Balaban J connectivity index is 2.37. The number of anilines is 1. The lowest BCUT2D eigenvalue weighted by Crippen LogP contribution is -2.10. The third-order valence-corrected chi connectivity index (χ3v) is 2.95. The number of methoxy groups -OCH3 is 1. The lowest BCUT2D eigenvalue weighted by Gasteiger charge is -2.11. The van der Waals surface area contributed by atoms with E-state index < -0.39 is 4.92 Å². The molecule has 0 aliphatic rings. The van der Waals surface area contributed by atoms with Gasteiger partial charge in [-0.1, -0.05) is 0 Å². The van der Waals surface area contributed by atoms with Crippen molar-refractivity contribution in [1.82, 2.24) is 9.97 Å². The summed E-state index contributed by atoms with van der Waals surface area (Å²) in [7, 11) is 1.38. The fourth-order valence-electron chi connectivity index (χ4n) is 1.45. The third kappa shape index (κ3) is 3.35. The number of benzene rings is 1. The van der Waals surface area contributed by atoms with E-state index >= 15 is 0 Å². The van der Waals surface area contributed by atoms with Gasteiger partial charge in [0.15, 0.2) is 11.5 Å². The number of aromatic nitrogens is 2. The first-order chi connectivity index (χ1) is 10.0. The number of ether oxygens (including phenoxy) is 2. The molecule has 0 amide bonds. The molecule has 10 heteroatoms. The minimum atomic E-state index is -0.524. The van der Waals surface area contributed by atoms with Gasteiger partial charge in [0.1, 0.15) is 0 Å². The summed E-state index contributed by atoms with van der Waals surface area (Å²) in [5.41, 5.74) is 2.18. The second kappa shape index (κ2) is 6.33. The monoisotopic (exact) mass is 355 g/mol. The Morgan fingerprint density at radius 1 is 1.43 bits per heavy atom. The van der Waals surface area contributed by atoms with E-state index in [4.69, 9.17) is 15.3 Å². The van der Waals surface area contributed by atoms with E-state index in [-0.39, 0.29) is 29.0 Å². The van der Waals surface area contributed by atoms with Gasteiger partial charge in [-0.15, -0.1) is 0 Å². The summed E-state index contributed by atoms with van der Waals surface area (Å²) in [4.78, 5) is 18.1. The Bertz CT molecular complexity index is 682. The minimum absolute atomic E-state index is 0.106. The summed E-state index contributed by atoms with van der Waals surface area (Å²) in [5.74, 6) is 6.05. The zero-order valence-electron chi connectivity index (χ0n) is 10.7. The molecule has 0 aliphatic heterocycles. The molecule has 0 fully saturated rings. The van der Waals surface area contributed by atoms with Crippen molar-refractivity contribution in [1.29, 1.82) is 0 Å². The predicted molar refractivity (Wildman–Crippen MR) is 77.3 cm³/mol. The van der Waals surface area contributed by atoms with Crippen LogP contribution < -0.4 is 20.7 Å². The summed E-state index contributed by atoms with van der Waals surface area (Å²) in [5, 5.41) is 10.7. The molecular formula is C11H10BrN5O4. The average molecular weight is 356 g/mol. The van der Waals surface area contributed by atoms with Gasteiger partial charge in [-0.3, -0.25) is 15.5 Å². The second-order valence-corrected chi connectivity index (χ2v) is 4.54. The number of hydrogen-bond acceptors (Lipinski definition) is 8. The summed E-state index contributed by atoms with van der Waals surface area (Å²) < 4.78 is 11.1. The van der Waals surface area contributed by atoms with Crippen LogP contribution in [0.15, 0.2) is 28.9 Å². The van der Waals surface area contributed by atoms with Crippen molar-refractivity contribution in [3.8, 4) is 17.4 Å². The summed E-state index contributed by atoms with van der Waals surface area (Å²) in [6.45, 7) is 0. The van der Waals surface area contributed by atoms with Crippen LogP contribution in [0.25, 0.3) is 0 Å². The van der Waals surface area contributed by atoms with E-state index in [1.165, 1.54) is 31.5 Å². The lowest BCUT2D eigenvalue weighted by molar-refractivity contribution is -0.384. The number of non-ortho nitro benzene ring substituents is 1. The maximum Gasteiger partial charge on any atom is 0.273 e. The summed E-state index contributed by atoms with van der Waals surface area (Å²) in [6, 6.07) is 3.97. The van der Waals surface area contributed by atoms with Crippen molar-refractivity contribution in [3.05, 3.63) is 39.0 Å². The predicted octanol–water partition coefficient (Wildman–Crippen LogP) is 2.23. The van der Waals surface area contributed by atoms with Crippen LogP contribution in [0.1, 0.15) is 0 Å². The molecule has 0 atom stereocenters. The number of nitrogens with zero attached hydrogens (tertiary/aromatic N) is 3. The van der Waals surface area contributed by atoms with Crippen molar-refractivity contribution in [2.75, 3.05) is 12.5 Å². The maximum atomic E-state index is 10.7. The van der Waals surface area contributed by atoms with Crippen molar-refractivity contribution in [3.63, 3.8) is 0 Å². The highest BCUT2D eigenvalue weighted by molar-refractivity contribution is 9.10. The van der Waals surface area contributed by atoms with Gasteiger partial charge in [0.25, 0.3) is 5.69 Å². The molecule has 0 saturated carbocycles. The molecule has 110 valence electrons. The first-order valence-electron chi connectivity index (χ1n) is 5.54. The van der Waals surface area contributed by atoms with E-state index in [0.717, 1.165) is 0 Å². The number of hydrazine groups is 1. The van der Waals surface area contributed by atoms with E-state index in [1.54, 1.807) is 0 Å². The first-order valence-corrected chi connectivity index (χ1v) is 6.34. The number of nitrogens with one attached hydrogen (secondary N) is 1. The largest absolute Gasteiger partial charge is 0.493 e. The fourth-order valence-corrected chi connectivity index (χ4v) is 1.72. The van der Waals surface area contributed by atoms with Crippen LogP contribution in [0.3, 0.4) is 0 Å². The molecular weight excluding hydrogens is 346 g/mol. The molecule has 1 aromatic carbocycles. The topological polar surface area (TPSA) is 125 Å². The number of nitrogens with two attached hydrogens (primary N) is 1. The maximum absolute atomic E-state index is 10.7. The molecule has 2 aromatic rings. The standard InChI is InChI=1S/C11H10BrN5O4/c1-20-9-4-6(17(18)19)2-3-8(9)21-10-7(12)5-14-11(15-10)16-13/h2-5H,13H2,1H3,(H,14,15,16). The Morgan fingerprint density at radius 3 is 2.81 bits per heavy atom. The zero-order chi connectivity index (χ0) is 15.4. The van der Waals surface area contributed by atoms with E-state index in [9.17, 15) is 10.1 Å². The Hall–Kier alpha value is -2.46. The molecule has 0 saturated heterocycles. The van der Waals surface area contributed by atoms with Crippen LogP contribution in [-0.4, -0.2) is 22.0 Å². The van der Waals surface area contributed by atoms with Crippen LogP contribution in [0.5, 0.6) is 17.4 Å². The van der Waals surface area contributed by atoms with Crippen molar-refractivity contribution in [2.24, 2.45) is 5.84 Å². The van der Waals surface area contributed by atoms with Crippen molar-refractivity contribution >= 4 is 27.6 Å². The van der Waals surface area contributed by atoms with Gasteiger partial charge in [0.05, 0.1) is 28.8 Å². The van der Waals surface area contributed by atoms with Crippen LogP contribution in [0.2, 0.25) is 0 Å². The van der Waals surface area contributed by atoms with Crippen LogP contribution in [0.4, 0.5) is 11.6 Å². The average Bonchev–Trinajstić information content (AvgIpc) is 2.49. The molecule has 3 N–H and O–H groups in total. The quantitative estimate of drug-likeness (QED) is 0.475. The van der Waals surface area contributed by atoms with Crippen molar-refractivity contribution < 1.29 is 14.4 Å². The van der Waals surface area contributed by atoms with Gasteiger partial charge in [-0.2, -0.15) is 4.98 Å². The number of nitrogen functional groups attached to an aromatic ring is 1. The molecule has 2 rings (SSSR count). The van der Waals surface area contributed by atoms with Gasteiger partial charge in [-0.25, -0.2) is 10.8 Å². The van der Waals surface area contributed by atoms with Gasteiger partial charge < -0.3 is 9.47 Å². The van der Waals surface area contributed by atoms with Gasteiger partial charge in [-0.05, 0) is 22.0 Å². The third-order valence-electron chi connectivity index (χ3n) is 2.41. The summed E-state index contributed by atoms with van der Waals surface area (Å²) in [6.07, 6.45) is 1.45. The van der Waals surface area contributed by atoms with Crippen LogP contribution >= 0.6 is 15.9 Å². The number of hydrogen-bond donors (Lipinski definition) is 2. The minimum Gasteiger partial charge on any atom is -0.493 e. The molecule has 0 unspecified atom stereocenters. The molecule has 0 radical (unpaired) electrons.